The highest BCUT2D eigenvalue weighted by molar-refractivity contribution is 7.11. The zero-order valence-corrected chi connectivity index (χ0v) is 17.0. The van der Waals surface area contributed by atoms with Crippen LogP contribution in [0.3, 0.4) is 0 Å². The van der Waals surface area contributed by atoms with Gasteiger partial charge in [0.05, 0.1) is 13.2 Å². The molecule has 0 radical (unpaired) electrons. The van der Waals surface area contributed by atoms with Crippen LogP contribution < -0.4 is 15.6 Å². The first-order valence-electron chi connectivity index (χ1n) is 9.29. The molecule has 7 nitrogen and oxygen atoms in total. The number of rotatable bonds is 7. The molecule has 1 fully saturated rings. The van der Waals surface area contributed by atoms with Crippen molar-refractivity contribution >= 4 is 17.0 Å². The Labute approximate surface area is 167 Å². The van der Waals surface area contributed by atoms with E-state index in [1.165, 1.54) is 4.68 Å². The Kier molecular flexibility index (Phi) is 5.13. The van der Waals surface area contributed by atoms with Crippen LogP contribution >= 0.6 is 11.3 Å². The van der Waals surface area contributed by atoms with Gasteiger partial charge in [-0.25, -0.2) is 9.67 Å². The summed E-state index contributed by atoms with van der Waals surface area (Å²) in [5.74, 6) is 1.32. The van der Waals surface area contributed by atoms with Gasteiger partial charge in [0.25, 0.3) is 5.56 Å². The van der Waals surface area contributed by atoms with E-state index in [4.69, 9.17) is 4.74 Å². The SMILES string of the molecule is Cc1cccc([C@@H]2CC2COc2cc(NCc3ncc(C)s3)c(=O)n(C)n2)n1. The van der Waals surface area contributed by atoms with Gasteiger partial charge in [0.15, 0.2) is 0 Å². The number of aromatic nitrogens is 4. The molecule has 1 aliphatic rings. The average molecular weight is 398 g/mol. The molecule has 1 aliphatic carbocycles. The van der Waals surface area contributed by atoms with Crippen molar-refractivity contribution in [2.24, 2.45) is 13.0 Å². The molecule has 1 saturated carbocycles. The lowest BCUT2D eigenvalue weighted by molar-refractivity contribution is 0.278. The van der Waals surface area contributed by atoms with Crippen molar-refractivity contribution in [1.82, 2.24) is 19.7 Å². The maximum Gasteiger partial charge on any atom is 0.290 e. The number of hydrogen-bond acceptors (Lipinski definition) is 7. The monoisotopic (exact) mass is 397 g/mol. The van der Waals surface area contributed by atoms with Crippen molar-refractivity contribution in [3.05, 3.63) is 62.1 Å². The zero-order chi connectivity index (χ0) is 19.7. The molecule has 3 aromatic rings. The molecule has 0 amide bonds. The first-order chi connectivity index (χ1) is 13.5. The Morgan fingerprint density at radius 2 is 2.21 bits per heavy atom. The van der Waals surface area contributed by atoms with Gasteiger partial charge in [0, 0.05) is 47.4 Å². The van der Waals surface area contributed by atoms with E-state index in [9.17, 15) is 4.79 Å². The van der Waals surface area contributed by atoms with E-state index in [1.54, 1.807) is 24.5 Å². The fraction of sp³-hybridized carbons (Fsp3) is 0.400. The third kappa shape index (κ3) is 4.22. The topological polar surface area (TPSA) is 81.9 Å². The third-order valence-electron chi connectivity index (χ3n) is 4.80. The third-order valence-corrected chi connectivity index (χ3v) is 5.71. The van der Waals surface area contributed by atoms with Gasteiger partial charge in [-0.3, -0.25) is 9.78 Å². The van der Waals surface area contributed by atoms with E-state index in [1.807, 2.05) is 32.2 Å². The fourth-order valence-corrected chi connectivity index (χ4v) is 3.92. The maximum atomic E-state index is 12.3. The van der Waals surface area contributed by atoms with Crippen molar-refractivity contribution in [3.63, 3.8) is 0 Å². The van der Waals surface area contributed by atoms with Gasteiger partial charge in [-0.1, -0.05) is 6.07 Å². The fourth-order valence-electron chi connectivity index (χ4n) is 3.19. The molecular weight excluding hydrogens is 374 g/mol. The average Bonchev–Trinajstić information content (AvgIpc) is 3.34. The lowest BCUT2D eigenvalue weighted by Crippen LogP contribution is -2.24. The molecule has 2 atom stereocenters. The molecule has 4 rings (SSSR count). The Bertz CT molecular complexity index is 1050. The standard InChI is InChI=1S/C20H23N5O2S/c1-12-5-4-6-16(23-12)15-7-14(15)11-27-18-8-17(20(26)25(3)24-18)21-10-19-22-9-13(2)28-19/h4-6,8-9,14-15,21H,7,10-11H2,1-3H3/t14?,15-/m1/s1. The second kappa shape index (κ2) is 7.71. The number of aryl methyl sites for hydroxylation is 3. The first kappa shape index (κ1) is 18.6. The van der Waals surface area contributed by atoms with Gasteiger partial charge < -0.3 is 10.1 Å². The molecular formula is C20H23N5O2S. The minimum absolute atomic E-state index is 0.186. The number of thiazole rings is 1. The maximum absolute atomic E-state index is 12.3. The van der Waals surface area contributed by atoms with E-state index in [2.05, 4.69) is 26.4 Å². The van der Waals surface area contributed by atoms with Gasteiger partial charge in [-0.05, 0) is 32.4 Å². The van der Waals surface area contributed by atoms with Gasteiger partial charge in [-0.15, -0.1) is 16.4 Å². The summed E-state index contributed by atoms with van der Waals surface area (Å²) in [7, 11) is 1.63. The highest BCUT2D eigenvalue weighted by atomic mass is 32.1. The van der Waals surface area contributed by atoms with E-state index in [0.717, 1.165) is 27.7 Å². The Morgan fingerprint density at radius 3 is 2.96 bits per heavy atom. The summed E-state index contributed by atoms with van der Waals surface area (Å²) in [5.41, 5.74) is 2.44. The van der Waals surface area contributed by atoms with E-state index < -0.39 is 0 Å². The summed E-state index contributed by atoms with van der Waals surface area (Å²) in [6, 6.07) is 7.80. The van der Waals surface area contributed by atoms with Gasteiger partial charge in [0.2, 0.25) is 5.88 Å². The van der Waals surface area contributed by atoms with Crippen LogP contribution in [-0.2, 0) is 13.6 Å². The Balaban J connectivity index is 1.38. The van der Waals surface area contributed by atoms with Crippen LogP contribution in [-0.4, -0.2) is 26.4 Å². The van der Waals surface area contributed by atoms with Crippen LogP contribution in [0, 0.1) is 19.8 Å². The quantitative estimate of drug-likeness (QED) is 0.660. The first-order valence-corrected chi connectivity index (χ1v) is 10.1. The molecule has 3 heterocycles. The second-order valence-corrected chi connectivity index (χ2v) is 8.48. The zero-order valence-electron chi connectivity index (χ0n) is 16.2. The molecule has 0 saturated heterocycles. The van der Waals surface area contributed by atoms with Crippen molar-refractivity contribution in [2.45, 2.75) is 32.7 Å². The number of nitrogens with zero attached hydrogens (tertiary/aromatic N) is 4. The van der Waals surface area contributed by atoms with Gasteiger partial charge >= 0.3 is 0 Å². The summed E-state index contributed by atoms with van der Waals surface area (Å²) in [6.45, 7) is 5.08. The molecule has 1 N–H and O–H groups in total. The van der Waals surface area contributed by atoms with Crippen LogP contribution in [0.15, 0.2) is 35.3 Å². The Morgan fingerprint density at radius 1 is 1.36 bits per heavy atom. The predicted molar refractivity (Wildman–Crippen MR) is 109 cm³/mol. The van der Waals surface area contributed by atoms with Crippen LogP contribution in [0.2, 0.25) is 0 Å². The molecule has 0 aromatic carbocycles. The molecule has 3 aromatic heterocycles. The van der Waals surface area contributed by atoms with Crippen molar-refractivity contribution < 1.29 is 4.74 Å². The van der Waals surface area contributed by atoms with Crippen LogP contribution in [0.25, 0.3) is 0 Å². The second-order valence-electron chi connectivity index (χ2n) is 7.16. The minimum Gasteiger partial charge on any atom is -0.476 e. The minimum atomic E-state index is -0.186. The molecule has 0 bridgehead atoms. The van der Waals surface area contributed by atoms with Gasteiger partial charge in [-0.2, -0.15) is 0 Å². The smallest absolute Gasteiger partial charge is 0.290 e. The summed E-state index contributed by atoms with van der Waals surface area (Å²) < 4.78 is 7.20. The molecule has 8 heteroatoms. The van der Waals surface area contributed by atoms with Crippen molar-refractivity contribution in [3.8, 4) is 5.88 Å². The number of pyridine rings is 1. The summed E-state index contributed by atoms with van der Waals surface area (Å²) in [5, 5.41) is 8.31. The molecule has 0 spiro atoms. The van der Waals surface area contributed by atoms with Gasteiger partial charge in [0.1, 0.15) is 10.7 Å². The normalized spacial score (nSPS) is 18.1. The van der Waals surface area contributed by atoms with E-state index >= 15 is 0 Å². The molecule has 0 aliphatic heterocycles. The van der Waals surface area contributed by atoms with Crippen molar-refractivity contribution in [2.75, 3.05) is 11.9 Å². The molecule has 1 unspecified atom stereocenters. The lowest BCUT2D eigenvalue weighted by atomic mass is 10.2. The van der Waals surface area contributed by atoms with Crippen LogP contribution in [0.5, 0.6) is 5.88 Å². The number of ether oxygens (including phenoxy) is 1. The number of hydrogen-bond donors (Lipinski definition) is 1. The molecule has 146 valence electrons. The Hall–Kier alpha value is -2.74. The largest absolute Gasteiger partial charge is 0.476 e. The van der Waals surface area contributed by atoms with E-state index in [-0.39, 0.29) is 5.56 Å². The predicted octanol–water partition coefficient (Wildman–Crippen LogP) is 3.04. The summed E-state index contributed by atoms with van der Waals surface area (Å²) in [4.78, 5) is 22.4. The lowest BCUT2D eigenvalue weighted by Gasteiger charge is -2.10. The highest BCUT2D eigenvalue weighted by Gasteiger charge is 2.40. The summed E-state index contributed by atoms with van der Waals surface area (Å²) >= 11 is 1.61. The summed E-state index contributed by atoms with van der Waals surface area (Å²) in [6.07, 6.45) is 2.90. The molecule has 28 heavy (non-hydrogen) atoms. The van der Waals surface area contributed by atoms with Crippen molar-refractivity contribution in [1.29, 1.82) is 0 Å². The number of anilines is 1. The highest BCUT2D eigenvalue weighted by Crippen LogP contribution is 2.46. The van der Waals surface area contributed by atoms with Crippen LogP contribution in [0.4, 0.5) is 5.69 Å². The van der Waals surface area contributed by atoms with E-state index in [0.29, 0.717) is 36.6 Å². The van der Waals surface area contributed by atoms with Crippen LogP contribution in [0.1, 0.15) is 33.6 Å². The number of nitrogens with one attached hydrogen (secondary N) is 1.